The lowest BCUT2D eigenvalue weighted by molar-refractivity contribution is -0.139. The van der Waals surface area contributed by atoms with E-state index in [4.69, 9.17) is 11.6 Å². The Morgan fingerprint density at radius 3 is 2.26 bits per heavy atom. The molecule has 1 unspecified atom stereocenters. The maximum Gasteiger partial charge on any atom is 0.264 e. The van der Waals surface area contributed by atoms with Crippen LogP contribution >= 0.6 is 27.5 Å². The van der Waals surface area contributed by atoms with Crippen molar-refractivity contribution in [2.24, 2.45) is 0 Å². The Kier molecular flexibility index (Phi) is 10.7. The second-order valence-corrected chi connectivity index (χ2v) is 14.1. The first kappa shape index (κ1) is 32.0. The fraction of sp³-hybridized carbons (Fsp3) is 0.375. The molecule has 1 atom stereocenters. The van der Waals surface area contributed by atoms with E-state index in [9.17, 15) is 18.0 Å². The van der Waals surface area contributed by atoms with Crippen molar-refractivity contribution >= 4 is 55.1 Å². The van der Waals surface area contributed by atoms with E-state index in [2.05, 4.69) is 21.2 Å². The van der Waals surface area contributed by atoms with Crippen LogP contribution in [0, 0.1) is 13.8 Å². The van der Waals surface area contributed by atoms with Crippen LogP contribution in [0.15, 0.2) is 76.1 Å². The molecule has 3 aromatic rings. The lowest BCUT2D eigenvalue weighted by Crippen LogP contribution is -2.53. The minimum atomic E-state index is -4.17. The molecule has 0 heterocycles. The van der Waals surface area contributed by atoms with Gasteiger partial charge in [-0.05, 0) is 81.1 Å². The number of benzene rings is 3. The number of aryl methyl sites for hydroxylation is 2. The van der Waals surface area contributed by atoms with Crippen LogP contribution in [0.2, 0.25) is 5.02 Å². The first-order valence-corrected chi connectivity index (χ1v) is 16.8. The zero-order chi connectivity index (χ0) is 30.4. The molecule has 4 rings (SSSR count). The number of nitrogens with one attached hydrogen (secondary N) is 1. The topological polar surface area (TPSA) is 86.8 Å². The third-order valence-electron chi connectivity index (χ3n) is 7.71. The first-order valence-electron chi connectivity index (χ1n) is 14.2. The third kappa shape index (κ3) is 7.94. The monoisotopic (exact) mass is 673 g/mol. The van der Waals surface area contributed by atoms with E-state index >= 15 is 0 Å². The lowest BCUT2D eigenvalue weighted by Gasteiger charge is -2.33. The Labute approximate surface area is 262 Å². The number of hydrogen-bond donors (Lipinski definition) is 1. The Morgan fingerprint density at radius 2 is 1.62 bits per heavy atom. The summed E-state index contributed by atoms with van der Waals surface area (Å²) in [6.45, 7) is 4.97. The number of carbonyl (C=O) groups excluding carboxylic acids is 2. The highest BCUT2D eigenvalue weighted by Gasteiger charge is 2.34. The molecule has 0 aromatic heterocycles. The van der Waals surface area contributed by atoms with Crippen molar-refractivity contribution in [3.05, 3.63) is 92.9 Å². The number of rotatable bonds is 10. The van der Waals surface area contributed by atoms with Crippen LogP contribution in [0.4, 0.5) is 5.69 Å². The number of halogens is 2. The predicted octanol–water partition coefficient (Wildman–Crippen LogP) is 6.78. The molecule has 0 spiro atoms. The summed E-state index contributed by atoms with van der Waals surface area (Å²) in [6.07, 6.45) is 5.10. The number of carbonyl (C=O) groups is 2. The van der Waals surface area contributed by atoms with Crippen LogP contribution in [-0.2, 0) is 26.2 Å². The summed E-state index contributed by atoms with van der Waals surface area (Å²) in [5, 5.41) is 3.47. The maximum absolute atomic E-state index is 14.2. The van der Waals surface area contributed by atoms with Crippen LogP contribution in [0.3, 0.4) is 0 Å². The molecule has 1 aliphatic rings. The van der Waals surface area contributed by atoms with Gasteiger partial charge in [0.25, 0.3) is 10.0 Å². The van der Waals surface area contributed by atoms with Crippen molar-refractivity contribution in [1.29, 1.82) is 0 Å². The van der Waals surface area contributed by atoms with Gasteiger partial charge in [0.2, 0.25) is 11.8 Å². The van der Waals surface area contributed by atoms with Crippen molar-refractivity contribution in [3.8, 4) is 0 Å². The minimum Gasteiger partial charge on any atom is -0.352 e. The summed E-state index contributed by atoms with van der Waals surface area (Å²) in [4.78, 5) is 29.1. The smallest absolute Gasteiger partial charge is 0.264 e. The Morgan fingerprint density at radius 1 is 0.976 bits per heavy atom. The quantitative estimate of drug-likeness (QED) is 0.257. The number of amides is 2. The van der Waals surface area contributed by atoms with Crippen molar-refractivity contribution < 1.29 is 18.0 Å². The van der Waals surface area contributed by atoms with E-state index < -0.39 is 28.5 Å². The van der Waals surface area contributed by atoms with Crippen LogP contribution in [0.25, 0.3) is 0 Å². The normalized spacial score (nSPS) is 14.7. The molecule has 0 bridgehead atoms. The average Bonchev–Trinajstić information content (AvgIpc) is 2.97. The fourth-order valence-corrected chi connectivity index (χ4v) is 7.04. The maximum atomic E-state index is 14.2. The van der Waals surface area contributed by atoms with Crippen LogP contribution in [0.1, 0.15) is 55.7 Å². The average molecular weight is 675 g/mol. The van der Waals surface area contributed by atoms with Gasteiger partial charge in [-0.2, -0.15) is 0 Å². The number of sulfonamides is 1. The molecule has 0 saturated heterocycles. The summed E-state index contributed by atoms with van der Waals surface area (Å²) in [6, 6.07) is 18.2. The van der Waals surface area contributed by atoms with E-state index in [0.717, 1.165) is 52.0 Å². The van der Waals surface area contributed by atoms with Crippen molar-refractivity contribution in [3.63, 3.8) is 0 Å². The molecule has 7 nitrogen and oxygen atoms in total. The second-order valence-electron chi connectivity index (χ2n) is 10.9. The molecular weight excluding hydrogens is 638 g/mol. The fourth-order valence-electron chi connectivity index (χ4n) is 5.14. The Balaban J connectivity index is 1.70. The van der Waals surface area contributed by atoms with Crippen molar-refractivity contribution in [2.75, 3.05) is 10.8 Å². The Hall–Kier alpha value is -2.88. The molecule has 1 aliphatic carbocycles. The highest BCUT2D eigenvalue weighted by atomic mass is 79.9. The van der Waals surface area contributed by atoms with E-state index in [0.29, 0.717) is 16.3 Å². The summed E-state index contributed by atoms with van der Waals surface area (Å²) in [5.41, 5.74) is 2.68. The lowest BCUT2D eigenvalue weighted by atomic mass is 9.95. The predicted molar refractivity (Wildman–Crippen MR) is 171 cm³/mol. The summed E-state index contributed by atoms with van der Waals surface area (Å²) in [5.74, 6) is -0.751. The van der Waals surface area contributed by atoms with Crippen molar-refractivity contribution in [2.45, 2.75) is 76.4 Å². The molecule has 0 radical (unpaired) electrons. The highest BCUT2D eigenvalue weighted by molar-refractivity contribution is 9.10. The third-order valence-corrected chi connectivity index (χ3v) is 10.3. The summed E-state index contributed by atoms with van der Waals surface area (Å²) >= 11 is 9.75. The van der Waals surface area contributed by atoms with Gasteiger partial charge in [0.05, 0.1) is 10.6 Å². The van der Waals surface area contributed by atoms with Gasteiger partial charge in [-0.1, -0.05) is 82.7 Å². The van der Waals surface area contributed by atoms with Gasteiger partial charge < -0.3 is 10.2 Å². The van der Waals surface area contributed by atoms with Crippen LogP contribution < -0.4 is 9.62 Å². The van der Waals surface area contributed by atoms with Crippen LogP contribution in [0.5, 0.6) is 0 Å². The molecule has 3 aromatic carbocycles. The molecule has 1 saturated carbocycles. The van der Waals surface area contributed by atoms with Gasteiger partial charge >= 0.3 is 0 Å². The van der Waals surface area contributed by atoms with Gasteiger partial charge in [-0.3, -0.25) is 13.9 Å². The minimum absolute atomic E-state index is 0.0582. The van der Waals surface area contributed by atoms with Gasteiger partial charge in [0.15, 0.2) is 0 Å². The zero-order valence-electron chi connectivity index (χ0n) is 24.1. The molecule has 42 heavy (non-hydrogen) atoms. The standard InChI is InChI=1S/C32H37BrClN3O4S/c1-22-9-17-29(18-10-22)42(40,41)37(30-19-27(34)16-11-23(30)2)21-31(38)36(20-25-12-14-26(33)15-13-25)24(3)32(39)35-28-7-5-4-6-8-28/h9-19,24,28H,4-8,20-21H2,1-3H3,(H,35,39). The number of hydrogen-bond acceptors (Lipinski definition) is 4. The van der Waals surface area contributed by atoms with Gasteiger partial charge in [0.1, 0.15) is 12.6 Å². The Bertz CT molecular complexity index is 1510. The largest absolute Gasteiger partial charge is 0.352 e. The summed E-state index contributed by atoms with van der Waals surface area (Å²) in [7, 11) is -4.17. The zero-order valence-corrected chi connectivity index (χ0v) is 27.3. The van der Waals surface area contributed by atoms with E-state index in [1.54, 1.807) is 44.2 Å². The second kappa shape index (κ2) is 14.1. The molecule has 10 heteroatoms. The van der Waals surface area contributed by atoms with Crippen molar-refractivity contribution in [1.82, 2.24) is 10.2 Å². The highest BCUT2D eigenvalue weighted by Crippen LogP contribution is 2.30. The molecule has 2 amide bonds. The molecule has 1 N–H and O–H groups in total. The van der Waals surface area contributed by atoms with E-state index in [-0.39, 0.29) is 23.4 Å². The number of nitrogens with zero attached hydrogens (tertiary/aromatic N) is 2. The SMILES string of the molecule is Cc1ccc(S(=O)(=O)N(CC(=O)N(Cc2ccc(Br)cc2)C(C)C(=O)NC2CCCCC2)c2cc(Cl)ccc2C)cc1. The first-order chi connectivity index (χ1) is 20.0. The molecule has 224 valence electrons. The molecule has 0 aliphatic heterocycles. The van der Waals surface area contributed by atoms with Gasteiger partial charge in [-0.15, -0.1) is 0 Å². The summed E-state index contributed by atoms with van der Waals surface area (Å²) < 4.78 is 30.1. The molecule has 1 fully saturated rings. The van der Waals surface area contributed by atoms with Gasteiger partial charge in [0, 0.05) is 22.1 Å². The molecular formula is C32H37BrClN3O4S. The van der Waals surface area contributed by atoms with E-state index in [1.165, 1.54) is 17.0 Å². The number of anilines is 1. The van der Waals surface area contributed by atoms with Gasteiger partial charge in [-0.25, -0.2) is 8.42 Å². The van der Waals surface area contributed by atoms with Crippen LogP contribution in [-0.4, -0.2) is 43.8 Å². The van der Waals surface area contributed by atoms with E-state index in [1.807, 2.05) is 31.2 Å².